The summed E-state index contributed by atoms with van der Waals surface area (Å²) in [4.78, 5) is 3.50. The normalized spacial score (nSPS) is 16.6. The summed E-state index contributed by atoms with van der Waals surface area (Å²) >= 11 is 7.44. The fraction of sp³-hybridized carbons (Fsp3) is 0.421. The molecule has 0 amide bonds. The van der Waals surface area contributed by atoms with E-state index >= 15 is 0 Å². The SMILES string of the molecule is CCOc1ccc(NC(=S)N(Cc2cccs2)CC2CCCO2)cc1. The van der Waals surface area contributed by atoms with Crippen LogP contribution in [0.3, 0.4) is 0 Å². The van der Waals surface area contributed by atoms with Gasteiger partial charge in [-0.3, -0.25) is 0 Å². The second-order valence-electron chi connectivity index (χ2n) is 5.98. The molecular weight excluding hydrogens is 352 g/mol. The van der Waals surface area contributed by atoms with Gasteiger partial charge in [0.05, 0.1) is 19.3 Å². The number of anilines is 1. The first-order valence-electron chi connectivity index (χ1n) is 8.67. The number of thiocarbonyl (C=S) groups is 1. The van der Waals surface area contributed by atoms with Gasteiger partial charge in [0.25, 0.3) is 0 Å². The predicted molar refractivity (Wildman–Crippen MR) is 108 cm³/mol. The van der Waals surface area contributed by atoms with Crippen molar-refractivity contribution in [3.63, 3.8) is 0 Å². The highest BCUT2D eigenvalue weighted by atomic mass is 32.1. The van der Waals surface area contributed by atoms with Crippen molar-refractivity contribution in [2.75, 3.05) is 25.1 Å². The van der Waals surface area contributed by atoms with E-state index < -0.39 is 0 Å². The summed E-state index contributed by atoms with van der Waals surface area (Å²) < 4.78 is 11.3. The third kappa shape index (κ3) is 5.42. The van der Waals surface area contributed by atoms with Gasteiger partial charge in [0, 0.05) is 23.7 Å². The molecule has 1 saturated heterocycles. The number of nitrogens with one attached hydrogen (secondary N) is 1. The second kappa shape index (κ2) is 9.17. The Hall–Kier alpha value is -1.63. The smallest absolute Gasteiger partial charge is 0.173 e. The minimum absolute atomic E-state index is 0.264. The van der Waals surface area contributed by atoms with Crippen molar-refractivity contribution in [3.05, 3.63) is 46.7 Å². The molecule has 1 aliphatic heterocycles. The summed E-state index contributed by atoms with van der Waals surface area (Å²) in [6.45, 7) is 5.13. The third-order valence-corrected chi connectivity index (χ3v) is 5.30. The molecule has 1 fully saturated rings. The summed E-state index contributed by atoms with van der Waals surface area (Å²) in [6, 6.07) is 12.1. The van der Waals surface area contributed by atoms with E-state index in [4.69, 9.17) is 21.7 Å². The van der Waals surface area contributed by atoms with Gasteiger partial charge in [0.2, 0.25) is 0 Å². The molecule has 3 rings (SSSR count). The largest absolute Gasteiger partial charge is 0.494 e. The average Bonchev–Trinajstić information content (AvgIpc) is 3.30. The molecule has 1 N–H and O–H groups in total. The van der Waals surface area contributed by atoms with Crippen LogP contribution in [0, 0.1) is 0 Å². The Kier molecular flexibility index (Phi) is 6.67. The van der Waals surface area contributed by atoms with Crippen LogP contribution in [0.4, 0.5) is 5.69 Å². The number of nitrogens with zero attached hydrogens (tertiary/aromatic N) is 1. The van der Waals surface area contributed by atoms with Crippen LogP contribution in [0.5, 0.6) is 5.75 Å². The van der Waals surface area contributed by atoms with Gasteiger partial charge in [-0.2, -0.15) is 0 Å². The quantitative estimate of drug-likeness (QED) is 0.718. The van der Waals surface area contributed by atoms with E-state index in [1.54, 1.807) is 11.3 Å². The lowest BCUT2D eigenvalue weighted by atomic mass is 10.2. The standard InChI is InChI=1S/C19H24N2O2S2/c1-2-22-16-9-7-15(8-10-16)20-19(24)21(13-17-5-3-11-23-17)14-18-6-4-12-25-18/h4,6-10,12,17H,2-3,5,11,13-14H2,1H3,(H,20,24). The van der Waals surface area contributed by atoms with Crippen molar-refractivity contribution in [2.45, 2.75) is 32.4 Å². The molecular formula is C19H24N2O2S2. The van der Waals surface area contributed by atoms with Gasteiger partial charge in [-0.15, -0.1) is 11.3 Å². The number of hydrogen-bond acceptors (Lipinski definition) is 4. The molecule has 0 radical (unpaired) electrons. The number of benzene rings is 1. The third-order valence-electron chi connectivity index (χ3n) is 4.08. The van der Waals surface area contributed by atoms with Crippen molar-refractivity contribution < 1.29 is 9.47 Å². The first-order chi connectivity index (χ1) is 12.2. The minimum Gasteiger partial charge on any atom is -0.494 e. The van der Waals surface area contributed by atoms with Gasteiger partial charge in [0.15, 0.2) is 5.11 Å². The summed E-state index contributed by atoms with van der Waals surface area (Å²) in [5.41, 5.74) is 0.969. The molecule has 25 heavy (non-hydrogen) atoms. The zero-order valence-corrected chi connectivity index (χ0v) is 16.1. The molecule has 1 atom stereocenters. The first kappa shape index (κ1) is 18.2. The Labute approximate surface area is 158 Å². The van der Waals surface area contributed by atoms with Gasteiger partial charge in [-0.25, -0.2) is 0 Å². The van der Waals surface area contributed by atoms with E-state index in [1.807, 2.05) is 31.2 Å². The highest BCUT2D eigenvalue weighted by Crippen LogP contribution is 2.20. The molecule has 4 nitrogen and oxygen atoms in total. The lowest BCUT2D eigenvalue weighted by Crippen LogP contribution is -2.39. The van der Waals surface area contributed by atoms with E-state index in [9.17, 15) is 0 Å². The van der Waals surface area contributed by atoms with E-state index in [-0.39, 0.29) is 6.10 Å². The number of ether oxygens (including phenoxy) is 2. The van der Waals surface area contributed by atoms with E-state index in [0.29, 0.717) is 6.61 Å². The Bertz CT molecular complexity index is 653. The fourth-order valence-corrected chi connectivity index (χ4v) is 3.82. The van der Waals surface area contributed by atoms with Crippen LogP contribution >= 0.6 is 23.6 Å². The number of hydrogen-bond donors (Lipinski definition) is 1. The molecule has 1 aromatic heterocycles. The van der Waals surface area contributed by atoms with Crippen LogP contribution in [0.2, 0.25) is 0 Å². The molecule has 2 aromatic rings. The Morgan fingerprint density at radius 2 is 2.20 bits per heavy atom. The van der Waals surface area contributed by atoms with Gasteiger partial charge in [0.1, 0.15) is 5.75 Å². The van der Waals surface area contributed by atoms with Crippen molar-refractivity contribution in [2.24, 2.45) is 0 Å². The summed E-state index contributed by atoms with van der Waals surface area (Å²) in [7, 11) is 0. The van der Waals surface area contributed by atoms with Crippen LogP contribution in [-0.2, 0) is 11.3 Å². The maximum atomic E-state index is 5.80. The van der Waals surface area contributed by atoms with Crippen LogP contribution < -0.4 is 10.1 Å². The summed E-state index contributed by atoms with van der Waals surface area (Å²) in [6.07, 6.45) is 2.50. The molecule has 134 valence electrons. The molecule has 1 aliphatic rings. The number of rotatable bonds is 7. The van der Waals surface area contributed by atoms with Crippen molar-refractivity contribution >= 4 is 34.4 Å². The van der Waals surface area contributed by atoms with E-state index in [1.165, 1.54) is 4.88 Å². The highest BCUT2D eigenvalue weighted by Gasteiger charge is 2.21. The van der Waals surface area contributed by atoms with Crippen LogP contribution in [0.1, 0.15) is 24.6 Å². The van der Waals surface area contributed by atoms with E-state index in [0.717, 1.165) is 49.1 Å². The summed E-state index contributed by atoms with van der Waals surface area (Å²) in [5, 5.41) is 6.18. The lowest BCUT2D eigenvalue weighted by molar-refractivity contribution is 0.0907. The van der Waals surface area contributed by atoms with Crippen molar-refractivity contribution in [3.8, 4) is 5.75 Å². The Morgan fingerprint density at radius 3 is 2.84 bits per heavy atom. The van der Waals surface area contributed by atoms with Gasteiger partial charge in [-0.1, -0.05) is 6.07 Å². The van der Waals surface area contributed by atoms with Gasteiger partial charge >= 0.3 is 0 Å². The molecule has 0 saturated carbocycles. The Balaban J connectivity index is 1.64. The van der Waals surface area contributed by atoms with Crippen LogP contribution in [0.25, 0.3) is 0 Å². The first-order valence-corrected chi connectivity index (χ1v) is 9.96. The van der Waals surface area contributed by atoms with Crippen LogP contribution in [-0.4, -0.2) is 35.9 Å². The molecule has 0 spiro atoms. The zero-order chi connectivity index (χ0) is 17.5. The lowest BCUT2D eigenvalue weighted by Gasteiger charge is -2.28. The maximum Gasteiger partial charge on any atom is 0.173 e. The molecule has 1 unspecified atom stereocenters. The van der Waals surface area contributed by atoms with Crippen LogP contribution in [0.15, 0.2) is 41.8 Å². The maximum absolute atomic E-state index is 5.80. The summed E-state index contributed by atoms with van der Waals surface area (Å²) in [5.74, 6) is 0.869. The topological polar surface area (TPSA) is 33.7 Å². The second-order valence-corrected chi connectivity index (χ2v) is 7.40. The number of thiophene rings is 1. The monoisotopic (exact) mass is 376 g/mol. The predicted octanol–water partition coefficient (Wildman–Crippen LogP) is 4.52. The molecule has 2 heterocycles. The van der Waals surface area contributed by atoms with E-state index in [2.05, 4.69) is 27.7 Å². The highest BCUT2D eigenvalue weighted by molar-refractivity contribution is 7.80. The molecule has 6 heteroatoms. The molecule has 0 aliphatic carbocycles. The minimum atomic E-state index is 0.264. The Morgan fingerprint density at radius 1 is 1.36 bits per heavy atom. The van der Waals surface area contributed by atoms with Gasteiger partial charge < -0.3 is 19.7 Å². The zero-order valence-electron chi connectivity index (χ0n) is 14.4. The van der Waals surface area contributed by atoms with Crippen molar-refractivity contribution in [1.29, 1.82) is 0 Å². The average molecular weight is 377 g/mol. The van der Waals surface area contributed by atoms with Crippen molar-refractivity contribution in [1.82, 2.24) is 4.90 Å². The molecule has 1 aromatic carbocycles. The fourth-order valence-electron chi connectivity index (χ4n) is 2.85. The molecule has 0 bridgehead atoms. The van der Waals surface area contributed by atoms with Gasteiger partial charge in [-0.05, 0) is 67.7 Å².